The van der Waals surface area contributed by atoms with Crippen LogP contribution in [0.5, 0.6) is 0 Å². The molecule has 2 unspecified atom stereocenters. The third-order valence-corrected chi connectivity index (χ3v) is 4.36. The van der Waals surface area contributed by atoms with Gasteiger partial charge in [0.1, 0.15) is 0 Å². The predicted octanol–water partition coefficient (Wildman–Crippen LogP) is 3.29. The topological polar surface area (TPSA) is 42.0 Å². The number of nitrogens with zero attached hydrogens (tertiary/aromatic N) is 1. The number of pyridine rings is 1. The molecule has 3 nitrogen and oxygen atoms in total. The molecule has 1 heterocycles. The number of carbonyl (C=O) groups excluding carboxylic acids is 1. The molecule has 3 heteroatoms. The summed E-state index contributed by atoms with van der Waals surface area (Å²) < 4.78 is 0. The summed E-state index contributed by atoms with van der Waals surface area (Å²) in [5.41, 5.74) is 3.56. The maximum atomic E-state index is 12.3. The molecule has 1 saturated carbocycles. The molecule has 0 radical (unpaired) electrons. The van der Waals surface area contributed by atoms with Gasteiger partial charge in [-0.25, -0.2) is 0 Å². The maximum absolute atomic E-state index is 12.3. The quantitative estimate of drug-likeness (QED) is 0.844. The lowest BCUT2D eigenvalue weighted by atomic mass is 10.1. The van der Waals surface area contributed by atoms with Crippen LogP contribution in [0.2, 0.25) is 0 Å². The second-order valence-corrected chi connectivity index (χ2v) is 6.94. The Kier molecular flexibility index (Phi) is 4.50. The summed E-state index contributed by atoms with van der Waals surface area (Å²) in [5.74, 6) is 0.660. The summed E-state index contributed by atoms with van der Waals surface area (Å²) in [6.45, 7) is 11.2. The van der Waals surface area contributed by atoms with Gasteiger partial charge in [0.25, 0.3) is 0 Å². The van der Waals surface area contributed by atoms with E-state index in [0.29, 0.717) is 12.5 Å². The van der Waals surface area contributed by atoms with Gasteiger partial charge >= 0.3 is 0 Å². The fourth-order valence-corrected chi connectivity index (χ4v) is 2.92. The van der Waals surface area contributed by atoms with Gasteiger partial charge in [-0.05, 0) is 43.7 Å². The molecule has 2 atom stereocenters. The van der Waals surface area contributed by atoms with Gasteiger partial charge in [-0.15, -0.1) is 0 Å². The molecule has 1 aliphatic carbocycles. The maximum Gasteiger partial charge on any atom is 0.224 e. The molecule has 21 heavy (non-hydrogen) atoms. The molecule has 2 rings (SSSR count). The van der Waals surface area contributed by atoms with Crippen molar-refractivity contribution in [2.24, 2.45) is 17.3 Å². The minimum Gasteiger partial charge on any atom is -0.355 e. The fourth-order valence-electron chi connectivity index (χ4n) is 2.92. The van der Waals surface area contributed by atoms with E-state index in [4.69, 9.17) is 0 Å². The van der Waals surface area contributed by atoms with Gasteiger partial charge < -0.3 is 5.32 Å². The summed E-state index contributed by atoms with van der Waals surface area (Å²) in [6.07, 6.45) is 4.88. The lowest BCUT2D eigenvalue weighted by Gasteiger charge is -2.06. The van der Waals surface area contributed by atoms with Gasteiger partial charge in [-0.3, -0.25) is 9.78 Å². The Morgan fingerprint density at radius 2 is 2.10 bits per heavy atom. The molecule has 1 aromatic rings. The Morgan fingerprint density at radius 1 is 1.38 bits per heavy atom. The molecule has 0 aromatic carbocycles. The molecule has 1 amide bonds. The monoisotopic (exact) mass is 286 g/mol. The van der Waals surface area contributed by atoms with E-state index >= 15 is 0 Å². The first-order chi connectivity index (χ1) is 9.82. The van der Waals surface area contributed by atoms with Gasteiger partial charge in [0.15, 0.2) is 0 Å². The zero-order chi connectivity index (χ0) is 15.6. The highest BCUT2D eigenvalue weighted by atomic mass is 16.2. The highest BCUT2D eigenvalue weighted by Gasteiger charge is 2.60. The van der Waals surface area contributed by atoms with E-state index in [2.05, 4.69) is 50.1 Å². The Morgan fingerprint density at radius 3 is 2.67 bits per heavy atom. The Bertz CT molecular complexity index is 539. The van der Waals surface area contributed by atoms with Crippen LogP contribution in [0.15, 0.2) is 30.0 Å². The molecule has 1 aliphatic rings. The van der Waals surface area contributed by atoms with E-state index in [9.17, 15) is 4.79 Å². The van der Waals surface area contributed by atoms with Crippen molar-refractivity contribution in [2.75, 3.05) is 6.54 Å². The Balaban J connectivity index is 1.83. The highest BCUT2D eigenvalue weighted by Crippen LogP contribution is 2.59. The van der Waals surface area contributed by atoms with Crippen LogP contribution in [0.4, 0.5) is 0 Å². The molecule has 0 spiro atoms. The van der Waals surface area contributed by atoms with Crippen molar-refractivity contribution < 1.29 is 4.79 Å². The largest absolute Gasteiger partial charge is 0.355 e. The molecule has 114 valence electrons. The summed E-state index contributed by atoms with van der Waals surface area (Å²) >= 11 is 0. The van der Waals surface area contributed by atoms with Crippen LogP contribution in [0, 0.1) is 24.2 Å². The van der Waals surface area contributed by atoms with Crippen molar-refractivity contribution in [2.45, 2.75) is 41.0 Å². The van der Waals surface area contributed by atoms with E-state index in [-0.39, 0.29) is 17.2 Å². The van der Waals surface area contributed by atoms with Crippen molar-refractivity contribution in [1.82, 2.24) is 10.3 Å². The van der Waals surface area contributed by atoms with Crippen LogP contribution in [0.25, 0.3) is 0 Å². The lowest BCUT2D eigenvalue weighted by molar-refractivity contribution is -0.123. The smallest absolute Gasteiger partial charge is 0.224 e. The first-order valence-electron chi connectivity index (χ1n) is 7.66. The Labute approximate surface area is 127 Å². The second kappa shape index (κ2) is 6.00. The number of aromatic nitrogens is 1. The minimum atomic E-state index is 0.0868. The lowest BCUT2D eigenvalue weighted by Crippen LogP contribution is -2.29. The van der Waals surface area contributed by atoms with Crippen LogP contribution < -0.4 is 5.32 Å². The molecule has 0 aliphatic heterocycles. The van der Waals surface area contributed by atoms with Crippen LogP contribution in [-0.4, -0.2) is 17.4 Å². The zero-order valence-corrected chi connectivity index (χ0v) is 13.7. The minimum absolute atomic E-state index is 0.0868. The van der Waals surface area contributed by atoms with Crippen molar-refractivity contribution in [1.29, 1.82) is 0 Å². The first kappa shape index (κ1) is 15.7. The number of allylic oxidation sites excluding steroid dienone is 2. The van der Waals surface area contributed by atoms with Crippen molar-refractivity contribution in [3.8, 4) is 0 Å². The fraction of sp³-hybridized carbons (Fsp3) is 0.556. The average molecular weight is 286 g/mol. The third kappa shape index (κ3) is 3.72. The number of aryl methyl sites for hydroxylation is 1. The first-order valence-corrected chi connectivity index (χ1v) is 7.66. The molecule has 0 bridgehead atoms. The summed E-state index contributed by atoms with van der Waals surface area (Å²) in [7, 11) is 0. The second-order valence-electron chi connectivity index (χ2n) is 6.94. The van der Waals surface area contributed by atoms with Gasteiger partial charge in [0.05, 0.1) is 5.92 Å². The zero-order valence-electron chi connectivity index (χ0n) is 13.7. The van der Waals surface area contributed by atoms with Crippen LogP contribution in [0.3, 0.4) is 0 Å². The van der Waals surface area contributed by atoms with E-state index in [1.165, 1.54) is 5.57 Å². The predicted molar refractivity (Wildman–Crippen MR) is 85.9 cm³/mol. The number of hydrogen-bond donors (Lipinski definition) is 1. The molecule has 1 aromatic heterocycles. The normalized spacial score (nSPS) is 22.5. The number of amides is 1. The number of nitrogens with one attached hydrogen (secondary N) is 1. The van der Waals surface area contributed by atoms with Crippen LogP contribution in [-0.2, 0) is 11.2 Å². The molecule has 1 N–H and O–H groups in total. The number of hydrogen-bond acceptors (Lipinski definition) is 2. The van der Waals surface area contributed by atoms with Crippen molar-refractivity contribution in [3.05, 3.63) is 41.2 Å². The average Bonchev–Trinajstić information content (AvgIpc) is 2.92. The number of carbonyl (C=O) groups is 1. The summed E-state index contributed by atoms with van der Waals surface area (Å²) in [4.78, 5) is 16.7. The highest BCUT2D eigenvalue weighted by molar-refractivity contribution is 5.83. The SMILES string of the molecule is CC(C)=CC1C(C(=O)NCCc2ccc(C)cn2)C1(C)C. The standard InChI is InChI=1S/C18H26N2O/c1-12(2)10-15-16(18(15,4)5)17(21)19-9-8-14-7-6-13(3)11-20-14/h6-7,10-11,15-16H,8-9H2,1-5H3,(H,19,21). The van der Waals surface area contributed by atoms with Gasteiger partial charge in [-0.1, -0.05) is 31.6 Å². The number of rotatable bonds is 5. The molecule has 0 saturated heterocycles. The Hall–Kier alpha value is -1.64. The third-order valence-electron chi connectivity index (χ3n) is 4.36. The summed E-state index contributed by atoms with van der Waals surface area (Å²) in [6, 6.07) is 4.08. The molecule has 1 fully saturated rings. The van der Waals surface area contributed by atoms with Gasteiger partial charge in [-0.2, -0.15) is 0 Å². The van der Waals surface area contributed by atoms with Gasteiger partial charge in [0, 0.05) is 24.9 Å². The van der Waals surface area contributed by atoms with Gasteiger partial charge in [0.2, 0.25) is 5.91 Å². The van der Waals surface area contributed by atoms with Crippen LogP contribution >= 0.6 is 0 Å². The van der Waals surface area contributed by atoms with Crippen molar-refractivity contribution in [3.63, 3.8) is 0 Å². The van der Waals surface area contributed by atoms with E-state index in [1.807, 2.05) is 19.2 Å². The molecular formula is C18H26N2O. The van der Waals surface area contributed by atoms with E-state index in [0.717, 1.165) is 17.7 Å². The summed E-state index contributed by atoms with van der Waals surface area (Å²) in [5, 5.41) is 3.06. The molecular weight excluding hydrogens is 260 g/mol. The van der Waals surface area contributed by atoms with Crippen LogP contribution in [0.1, 0.15) is 39.0 Å². The van der Waals surface area contributed by atoms with E-state index in [1.54, 1.807) is 0 Å². The van der Waals surface area contributed by atoms with E-state index < -0.39 is 0 Å². The van der Waals surface area contributed by atoms with Crippen molar-refractivity contribution >= 4 is 5.91 Å².